The second-order valence-corrected chi connectivity index (χ2v) is 8.15. The van der Waals surface area contributed by atoms with Crippen LogP contribution in [-0.4, -0.2) is 20.2 Å². The van der Waals surface area contributed by atoms with E-state index in [0.717, 1.165) is 37.8 Å². The second kappa shape index (κ2) is 11.1. The predicted molar refractivity (Wildman–Crippen MR) is 116 cm³/mol. The van der Waals surface area contributed by atoms with Crippen LogP contribution in [0.15, 0.2) is 42.5 Å². The number of methoxy groups -OCH3 is 1. The Morgan fingerprint density at radius 1 is 0.815 bits per heavy atom. The van der Waals surface area contributed by atoms with Crippen molar-refractivity contribution >= 4 is 0 Å². The lowest BCUT2D eigenvalue weighted by Crippen LogP contribution is -2.20. The Labute approximate surface area is 165 Å². The Morgan fingerprint density at radius 2 is 1.52 bits per heavy atom. The predicted octanol–water partition coefficient (Wildman–Crippen LogP) is 5.24. The molecular formula is C24H36N2O. The third-order valence-electron chi connectivity index (χ3n) is 4.56. The topological polar surface area (TPSA) is 33.3 Å². The van der Waals surface area contributed by atoms with Crippen molar-refractivity contribution in [2.24, 2.45) is 11.8 Å². The molecule has 0 aliphatic heterocycles. The summed E-state index contributed by atoms with van der Waals surface area (Å²) in [5, 5.41) is 7.16. The Kier molecular flexibility index (Phi) is 8.83. The van der Waals surface area contributed by atoms with Gasteiger partial charge in [-0.05, 0) is 77.9 Å². The van der Waals surface area contributed by atoms with Gasteiger partial charge in [-0.15, -0.1) is 0 Å². The van der Waals surface area contributed by atoms with Crippen molar-refractivity contribution in [1.82, 2.24) is 10.6 Å². The maximum Gasteiger partial charge on any atom is 0.119 e. The summed E-state index contributed by atoms with van der Waals surface area (Å²) in [6.45, 7) is 12.9. The quantitative estimate of drug-likeness (QED) is 0.532. The average molecular weight is 369 g/mol. The molecule has 2 aromatic carbocycles. The molecule has 0 radical (unpaired) electrons. The number of benzene rings is 2. The van der Waals surface area contributed by atoms with Gasteiger partial charge in [-0.1, -0.05) is 45.9 Å². The summed E-state index contributed by atoms with van der Waals surface area (Å²) in [5.74, 6) is 2.28. The van der Waals surface area contributed by atoms with Crippen molar-refractivity contribution in [3.05, 3.63) is 53.6 Å². The van der Waals surface area contributed by atoms with Gasteiger partial charge < -0.3 is 15.4 Å². The number of nitrogens with one attached hydrogen (secondary N) is 2. The minimum absolute atomic E-state index is 0.656. The third-order valence-corrected chi connectivity index (χ3v) is 4.56. The Hall–Kier alpha value is -1.84. The van der Waals surface area contributed by atoms with E-state index in [1.165, 1.54) is 28.7 Å². The van der Waals surface area contributed by atoms with Crippen molar-refractivity contribution in [3.63, 3.8) is 0 Å². The summed E-state index contributed by atoms with van der Waals surface area (Å²) in [5.41, 5.74) is 5.11. The molecule has 2 N–H and O–H groups in total. The first-order chi connectivity index (χ1) is 13.0. The minimum atomic E-state index is 0.656. The van der Waals surface area contributed by atoms with Gasteiger partial charge in [0.15, 0.2) is 0 Å². The third kappa shape index (κ3) is 7.74. The van der Waals surface area contributed by atoms with E-state index < -0.39 is 0 Å². The van der Waals surface area contributed by atoms with Crippen LogP contribution in [0, 0.1) is 11.8 Å². The van der Waals surface area contributed by atoms with E-state index in [1.807, 2.05) is 6.07 Å². The van der Waals surface area contributed by atoms with E-state index in [1.54, 1.807) is 7.11 Å². The summed E-state index contributed by atoms with van der Waals surface area (Å²) in [4.78, 5) is 0. The van der Waals surface area contributed by atoms with E-state index in [4.69, 9.17) is 4.74 Å². The smallest absolute Gasteiger partial charge is 0.119 e. The van der Waals surface area contributed by atoms with Crippen molar-refractivity contribution in [3.8, 4) is 16.9 Å². The van der Waals surface area contributed by atoms with Crippen molar-refractivity contribution in [2.75, 3.05) is 20.2 Å². The maximum atomic E-state index is 5.41. The van der Waals surface area contributed by atoms with Gasteiger partial charge >= 0.3 is 0 Å². The SMILES string of the molecule is COc1cccc(-c2cc(CNCCC(C)C)cc(CNCC(C)C)c2)c1. The molecule has 3 heteroatoms. The molecule has 0 heterocycles. The van der Waals surface area contributed by atoms with Gasteiger partial charge in [0, 0.05) is 13.1 Å². The molecule has 0 saturated heterocycles. The van der Waals surface area contributed by atoms with E-state index in [-0.39, 0.29) is 0 Å². The first-order valence-electron chi connectivity index (χ1n) is 10.2. The van der Waals surface area contributed by atoms with Crippen LogP contribution in [0.4, 0.5) is 0 Å². The van der Waals surface area contributed by atoms with E-state index in [0.29, 0.717) is 5.92 Å². The van der Waals surface area contributed by atoms with Crippen molar-refractivity contribution in [2.45, 2.75) is 47.2 Å². The van der Waals surface area contributed by atoms with E-state index >= 15 is 0 Å². The zero-order valence-electron chi connectivity index (χ0n) is 17.6. The first-order valence-corrected chi connectivity index (χ1v) is 10.2. The van der Waals surface area contributed by atoms with Crippen LogP contribution in [0.25, 0.3) is 11.1 Å². The highest BCUT2D eigenvalue weighted by Gasteiger charge is 2.06. The summed E-state index contributed by atoms with van der Waals surface area (Å²) < 4.78 is 5.41. The Bertz CT molecular complexity index is 695. The van der Waals surface area contributed by atoms with Gasteiger partial charge in [-0.2, -0.15) is 0 Å². The molecule has 3 nitrogen and oxygen atoms in total. The molecule has 0 unspecified atom stereocenters. The van der Waals surface area contributed by atoms with Gasteiger partial charge in [0.2, 0.25) is 0 Å². The molecule has 0 bridgehead atoms. The summed E-state index contributed by atoms with van der Waals surface area (Å²) in [6.07, 6.45) is 1.21. The zero-order valence-corrected chi connectivity index (χ0v) is 17.6. The molecule has 0 amide bonds. The highest BCUT2D eigenvalue weighted by atomic mass is 16.5. The molecule has 0 spiro atoms. The fourth-order valence-corrected chi connectivity index (χ4v) is 3.06. The fourth-order valence-electron chi connectivity index (χ4n) is 3.06. The molecule has 0 aromatic heterocycles. The standard InChI is InChI=1S/C24H36N2O/c1-18(2)9-10-25-16-20-11-21(17-26-15-19(3)4)13-23(12-20)22-7-6-8-24(14-22)27-5/h6-8,11-14,18-19,25-26H,9-10,15-17H2,1-5H3. The van der Waals surface area contributed by atoms with Gasteiger partial charge in [-0.25, -0.2) is 0 Å². The largest absolute Gasteiger partial charge is 0.497 e. The van der Waals surface area contributed by atoms with E-state index in [2.05, 4.69) is 74.7 Å². The van der Waals surface area contributed by atoms with E-state index in [9.17, 15) is 0 Å². The molecule has 0 aliphatic carbocycles. The van der Waals surface area contributed by atoms with Crippen LogP contribution in [0.5, 0.6) is 5.75 Å². The lowest BCUT2D eigenvalue weighted by atomic mass is 9.99. The number of ether oxygens (including phenoxy) is 1. The van der Waals surface area contributed by atoms with Crippen LogP contribution in [0.2, 0.25) is 0 Å². The number of hydrogen-bond acceptors (Lipinski definition) is 3. The van der Waals surface area contributed by atoms with Gasteiger partial charge in [0.05, 0.1) is 7.11 Å². The molecule has 0 saturated carbocycles. The Balaban J connectivity index is 2.18. The molecule has 0 atom stereocenters. The molecule has 148 valence electrons. The van der Waals surface area contributed by atoms with Crippen LogP contribution >= 0.6 is 0 Å². The molecule has 2 aromatic rings. The summed E-state index contributed by atoms with van der Waals surface area (Å²) in [6, 6.07) is 15.2. The number of rotatable bonds is 11. The first kappa shape index (κ1) is 21.5. The lowest BCUT2D eigenvalue weighted by Gasteiger charge is -2.14. The average Bonchev–Trinajstić information content (AvgIpc) is 2.65. The normalized spacial score (nSPS) is 11.4. The molecule has 2 rings (SSSR count). The van der Waals surface area contributed by atoms with Crippen LogP contribution in [-0.2, 0) is 13.1 Å². The minimum Gasteiger partial charge on any atom is -0.497 e. The highest BCUT2D eigenvalue weighted by Crippen LogP contribution is 2.26. The monoisotopic (exact) mass is 368 g/mol. The second-order valence-electron chi connectivity index (χ2n) is 8.15. The fraction of sp³-hybridized carbons (Fsp3) is 0.500. The van der Waals surface area contributed by atoms with Crippen LogP contribution < -0.4 is 15.4 Å². The summed E-state index contributed by atoms with van der Waals surface area (Å²) in [7, 11) is 1.72. The molecule has 0 aliphatic rings. The summed E-state index contributed by atoms with van der Waals surface area (Å²) >= 11 is 0. The van der Waals surface area contributed by atoms with Gasteiger partial charge in [0.25, 0.3) is 0 Å². The van der Waals surface area contributed by atoms with Gasteiger partial charge in [-0.3, -0.25) is 0 Å². The molecule has 27 heavy (non-hydrogen) atoms. The highest BCUT2D eigenvalue weighted by molar-refractivity contribution is 5.66. The van der Waals surface area contributed by atoms with Crippen LogP contribution in [0.3, 0.4) is 0 Å². The van der Waals surface area contributed by atoms with Crippen molar-refractivity contribution in [1.29, 1.82) is 0 Å². The number of hydrogen-bond donors (Lipinski definition) is 2. The zero-order chi connectivity index (χ0) is 19.6. The Morgan fingerprint density at radius 3 is 2.15 bits per heavy atom. The van der Waals surface area contributed by atoms with Crippen LogP contribution in [0.1, 0.15) is 45.2 Å². The van der Waals surface area contributed by atoms with Gasteiger partial charge in [0.1, 0.15) is 5.75 Å². The maximum absolute atomic E-state index is 5.41. The molecule has 0 fully saturated rings. The van der Waals surface area contributed by atoms with Crippen molar-refractivity contribution < 1.29 is 4.74 Å². The lowest BCUT2D eigenvalue weighted by molar-refractivity contribution is 0.415. The molecular weight excluding hydrogens is 332 g/mol.